The zero-order chi connectivity index (χ0) is 16.3. The highest BCUT2D eigenvalue weighted by Gasteiger charge is 2.20. The van der Waals surface area contributed by atoms with Crippen molar-refractivity contribution in [1.29, 1.82) is 0 Å². The van der Waals surface area contributed by atoms with Crippen LogP contribution < -0.4 is 5.32 Å². The molecule has 0 fully saturated rings. The van der Waals surface area contributed by atoms with Crippen molar-refractivity contribution in [3.05, 3.63) is 47.5 Å². The molecular weight excluding hydrogens is 307 g/mol. The van der Waals surface area contributed by atoms with E-state index in [0.29, 0.717) is 11.1 Å². The number of carbonyl (C=O) groups excluding carboxylic acids is 1. The van der Waals surface area contributed by atoms with Gasteiger partial charge in [-0.1, -0.05) is 29.8 Å². The molecule has 0 bridgehead atoms. The Bertz CT molecular complexity index is 699. The summed E-state index contributed by atoms with van der Waals surface area (Å²) < 4.78 is 19.2. The standard InChI is InChI=1S/C16H16ClFN2O2/c1-16(2,3)22-15(21)20-13-11(8-9-19-14(13)17)10-6-4-5-7-12(10)18/h4-9H,1-3H3,(H,20,21). The van der Waals surface area contributed by atoms with E-state index in [1.807, 2.05) is 0 Å². The van der Waals surface area contributed by atoms with Gasteiger partial charge in [0.1, 0.15) is 11.4 Å². The van der Waals surface area contributed by atoms with Gasteiger partial charge in [-0.3, -0.25) is 5.32 Å². The molecule has 0 aliphatic heterocycles. The lowest BCUT2D eigenvalue weighted by Crippen LogP contribution is -2.27. The van der Waals surface area contributed by atoms with Gasteiger partial charge < -0.3 is 4.74 Å². The van der Waals surface area contributed by atoms with Gasteiger partial charge in [-0.15, -0.1) is 0 Å². The van der Waals surface area contributed by atoms with Crippen LogP contribution in [0.25, 0.3) is 11.1 Å². The molecule has 1 heterocycles. The number of amides is 1. The van der Waals surface area contributed by atoms with Crippen LogP contribution in [0, 0.1) is 5.82 Å². The molecule has 6 heteroatoms. The molecule has 0 aliphatic carbocycles. The minimum atomic E-state index is -0.681. The van der Waals surface area contributed by atoms with Crippen molar-refractivity contribution in [2.24, 2.45) is 0 Å². The molecule has 2 aromatic rings. The summed E-state index contributed by atoms with van der Waals surface area (Å²) in [6.45, 7) is 5.24. The molecule has 22 heavy (non-hydrogen) atoms. The Kier molecular flexibility index (Phi) is 4.66. The first-order valence-corrected chi connectivity index (χ1v) is 7.05. The fourth-order valence-electron chi connectivity index (χ4n) is 1.86. The van der Waals surface area contributed by atoms with E-state index in [0.717, 1.165) is 0 Å². The van der Waals surface area contributed by atoms with E-state index in [2.05, 4.69) is 10.3 Å². The van der Waals surface area contributed by atoms with Crippen LogP contribution in [0.5, 0.6) is 0 Å². The first-order valence-electron chi connectivity index (χ1n) is 6.67. The minimum absolute atomic E-state index is 0.0617. The molecule has 0 aliphatic rings. The molecule has 2 rings (SSSR count). The van der Waals surface area contributed by atoms with Gasteiger partial charge in [0.2, 0.25) is 0 Å². The van der Waals surface area contributed by atoms with Crippen LogP contribution >= 0.6 is 11.6 Å². The zero-order valence-corrected chi connectivity index (χ0v) is 13.2. The Morgan fingerprint density at radius 3 is 2.55 bits per heavy atom. The average Bonchev–Trinajstić information content (AvgIpc) is 2.40. The Morgan fingerprint density at radius 1 is 1.23 bits per heavy atom. The number of ether oxygens (including phenoxy) is 1. The van der Waals surface area contributed by atoms with Crippen LogP contribution in [0.3, 0.4) is 0 Å². The second-order valence-electron chi connectivity index (χ2n) is 5.63. The third-order valence-corrected chi connectivity index (χ3v) is 2.98. The lowest BCUT2D eigenvalue weighted by molar-refractivity contribution is 0.0636. The summed E-state index contributed by atoms with van der Waals surface area (Å²) in [5.74, 6) is -0.419. The third-order valence-electron chi connectivity index (χ3n) is 2.69. The number of hydrogen-bond acceptors (Lipinski definition) is 3. The summed E-state index contributed by atoms with van der Waals surface area (Å²) >= 11 is 6.04. The van der Waals surface area contributed by atoms with Crippen molar-refractivity contribution >= 4 is 23.4 Å². The van der Waals surface area contributed by atoms with E-state index >= 15 is 0 Å². The maximum absolute atomic E-state index is 14.0. The number of carbonyl (C=O) groups is 1. The van der Waals surface area contributed by atoms with Crippen LogP contribution in [0.2, 0.25) is 5.15 Å². The molecule has 1 aromatic carbocycles. The molecule has 1 amide bonds. The van der Waals surface area contributed by atoms with Crippen molar-refractivity contribution in [2.45, 2.75) is 26.4 Å². The van der Waals surface area contributed by atoms with Crippen LogP contribution in [-0.4, -0.2) is 16.7 Å². The van der Waals surface area contributed by atoms with Gasteiger partial charge in [0.05, 0.1) is 5.69 Å². The highest BCUT2D eigenvalue weighted by molar-refractivity contribution is 6.33. The number of hydrogen-bond donors (Lipinski definition) is 1. The van der Waals surface area contributed by atoms with Crippen LogP contribution in [-0.2, 0) is 4.74 Å². The molecule has 0 radical (unpaired) electrons. The number of benzene rings is 1. The Morgan fingerprint density at radius 2 is 1.91 bits per heavy atom. The van der Waals surface area contributed by atoms with E-state index in [4.69, 9.17) is 16.3 Å². The molecule has 0 atom stereocenters. The van der Waals surface area contributed by atoms with E-state index < -0.39 is 17.5 Å². The van der Waals surface area contributed by atoms with Crippen LogP contribution in [0.4, 0.5) is 14.9 Å². The van der Waals surface area contributed by atoms with E-state index in [9.17, 15) is 9.18 Å². The quantitative estimate of drug-likeness (QED) is 0.801. The fourth-order valence-corrected chi connectivity index (χ4v) is 2.07. The number of pyridine rings is 1. The molecule has 1 N–H and O–H groups in total. The number of aromatic nitrogens is 1. The Hall–Kier alpha value is -2.14. The lowest BCUT2D eigenvalue weighted by Gasteiger charge is -2.20. The minimum Gasteiger partial charge on any atom is -0.444 e. The molecule has 1 aromatic heterocycles. The molecule has 0 spiro atoms. The Labute approximate surface area is 133 Å². The van der Waals surface area contributed by atoms with Gasteiger partial charge in [0.15, 0.2) is 5.15 Å². The highest BCUT2D eigenvalue weighted by atomic mass is 35.5. The lowest BCUT2D eigenvalue weighted by atomic mass is 10.0. The SMILES string of the molecule is CC(C)(C)OC(=O)Nc1c(-c2ccccc2F)ccnc1Cl. The average molecular weight is 323 g/mol. The summed E-state index contributed by atoms with van der Waals surface area (Å²) in [5, 5.41) is 2.60. The first-order chi connectivity index (χ1) is 10.3. The third kappa shape index (κ3) is 3.95. The topological polar surface area (TPSA) is 51.2 Å². The Balaban J connectivity index is 2.40. The summed E-state index contributed by atoms with van der Waals surface area (Å²) in [6, 6.07) is 7.80. The second-order valence-corrected chi connectivity index (χ2v) is 5.99. The monoisotopic (exact) mass is 322 g/mol. The van der Waals surface area contributed by atoms with Crippen molar-refractivity contribution in [1.82, 2.24) is 4.98 Å². The van der Waals surface area contributed by atoms with Crippen LogP contribution in [0.1, 0.15) is 20.8 Å². The summed E-state index contributed by atoms with van der Waals surface area (Å²) in [7, 11) is 0. The largest absolute Gasteiger partial charge is 0.444 e. The van der Waals surface area contributed by atoms with Crippen molar-refractivity contribution in [2.75, 3.05) is 5.32 Å². The molecule has 4 nitrogen and oxygen atoms in total. The van der Waals surface area contributed by atoms with Gasteiger partial charge >= 0.3 is 6.09 Å². The first kappa shape index (κ1) is 16.2. The summed E-state index contributed by atoms with van der Waals surface area (Å²) in [4.78, 5) is 15.9. The number of anilines is 1. The number of nitrogens with zero attached hydrogens (tertiary/aromatic N) is 1. The van der Waals surface area contributed by atoms with Crippen LogP contribution in [0.15, 0.2) is 36.5 Å². The predicted octanol–water partition coefficient (Wildman–Crippen LogP) is 4.89. The maximum atomic E-state index is 14.0. The van der Waals surface area contributed by atoms with E-state index in [-0.39, 0.29) is 10.8 Å². The number of halogens is 2. The zero-order valence-electron chi connectivity index (χ0n) is 12.5. The second kappa shape index (κ2) is 6.32. The molecule has 0 saturated heterocycles. The van der Waals surface area contributed by atoms with Gasteiger partial charge in [0.25, 0.3) is 0 Å². The maximum Gasteiger partial charge on any atom is 0.412 e. The number of rotatable bonds is 2. The molecule has 0 unspecified atom stereocenters. The smallest absolute Gasteiger partial charge is 0.412 e. The number of nitrogens with one attached hydrogen (secondary N) is 1. The van der Waals surface area contributed by atoms with Gasteiger partial charge in [-0.25, -0.2) is 14.2 Å². The van der Waals surface area contributed by atoms with Crippen molar-refractivity contribution in [3.63, 3.8) is 0 Å². The van der Waals surface area contributed by atoms with E-state index in [1.165, 1.54) is 12.3 Å². The predicted molar refractivity (Wildman–Crippen MR) is 84.5 cm³/mol. The van der Waals surface area contributed by atoms with E-state index in [1.54, 1.807) is 45.0 Å². The van der Waals surface area contributed by atoms with Gasteiger partial charge in [0, 0.05) is 17.3 Å². The molecule has 0 saturated carbocycles. The van der Waals surface area contributed by atoms with Crippen molar-refractivity contribution in [3.8, 4) is 11.1 Å². The van der Waals surface area contributed by atoms with Crippen molar-refractivity contribution < 1.29 is 13.9 Å². The normalized spacial score (nSPS) is 11.1. The summed E-state index contributed by atoms with van der Waals surface area (Å²) in [5.41, 5.74) is 0.307. The van der Waals surface area contributed by atoms with Gasteiger partial charge in [-0.2, -0.15) is 0 Å². The molecule has 116 valence electrons. The highest BCUT2D eigenvalue weighted by Crippen LogP contribution is 2.34. The molecular formula is C16H16ClFN2O2. The van der Waals surface area contributed by atoms with Gasteiger partial charge in [-0.05, 0) is 32.9 Å². The summed E-state index contributed by atoms with van der Waals surface area (Å²) in [6.07, 6.45) is 0.768. The fraction of sp³-hybridized carbons (Fsp3) is 0.250.